The molecule has 1 aliphatic rings. The highest BCUT2D eigenvalue weighted by molar-refractivity contribution is 5.98. The molecule has 20 heavy (non-hydrogen) atoms. The Kier molecular flexibility index (Phi) is 2.95. The summed E-state index contributed by atoms with van der Waals surface area (Å²) in [7, 11) is 0. The second-order valence-electron chi connectivity index (χ2n) is 4.60. The molecule has 0 fully saturated rings. The quantitative estimate of drug-likeness (QED) is 0.922. The summed E-state index contributed by atoms with van der Waals surface area (Å²) in [5.74, 6) is -1.38. The van der Waals surface area contributed by atoms with Gasteiger partial charge >= 0.3 is 5.97 Å². The number of rotatable bonds is 3. The van der Waals surface area contributed by atoms with Crippen LogP contribution in [0.3, 0.4) is 0 Å². The van der Waals surface area contributed by atoms with Crippen molar-refractivity contribution in [3.05, 3.63) is 65.5 Å². The fraction of sp³-hybridized carbons (Fsp3) is 0.133. The monoisotopic (exact) mass is 268 g/mol. The minimum Gasteiger partial charge on any atom is -0.479 e. The zero-order chi connectivity index (χ0) is 14.1. The summed E-state index contributed by atoms with van der Waals surface area (Å²) in [4.78, 5) is 29.3. The molecule has 1 aromatic carbocycles. The van der Waals surface area contributed by atoms with Crippen LogP contribution in [-0.4, -0.2) is 26.9 Å². The molecule has 1 amide bonds. The van der Waals surface area contributed by atoms with E-state index in [0.29, 0.717) is 11.3 Å². The molecule has 2 heterocycles. The third-order valence-electron chi connectivity index (χ3n) is 3.36. The Hall–Kier alpha value is -2.69. The minimum absolute atomic E-state index is 0.272. The Morgan fingerprint density at radius 1 is 1.20 bits per heavy atom. The first-order valence-corrected chi connectivity index (χ1v) is 6.21. The van der Waals surface area contributed by atoms with Gasteiger partial charge in [0.1, 0.15) is 5.69 Å². The van der Waals surface area contributed by atoms with Gasteiger partial charge in [-0.15, -0.1) is 0 Å². The van der Waals surface area contributed by atoms with E-state index in [9.17, 15) is 14.7 Å². The van der Waals surface area contributed by atoms with Gasteiger partial charge in [-0.3, -0.25) is 9.78 Å². The Bertz CT molecular complexity index is 670. The Balaban J connectivity index is 2.00. The van der Waals surface area contributed by atoms with Crippen LogP contribution in [0.4, 0.5) is 0 Å². The largest absolute Gasteiger partial charge is 0.479 e. The second kappa shape index (κ2) is 4.77. The summed E-state index contributed by atoms with van der Waals surface area (Å²) in [5, 5.41) is 9.47. The summed E-state index contributed by atoms with van der Waals surface area (Å²) in [5.41, 5.74) is 1.69. The van der Waals surface area contributed by atoms with Crippen LogP contribution < -0.4 is 0 Å². The SMILES string of the molecule is O=C(O)C(c1ccccc1)N1Cc2cccnc2C1=O. The van der Waals surface area contributed by atoms with E-state index in [1.807, 2.05) is 6.07 Å². The number of carboxylic acid groups (broad SMARTS) is 1. The number of hydrogen-bond acceptors (Lipinski definition) is 3. The van der Waals surface area contributed by atoms with E-state index >= 15 is 0 Å². The third-order valence-corrected chi connectivity index (χ3v) is 3.36. The maximum atomic E-state index is 12.3. The predicted molar refractivity (Wildman–Crippen MR) is 70.9 cm³/mol. The third kappa shape index (κ3) is 1.93. The van der Waals surface area contributed by atoms with Crippen LogP contribution >= 0.6 is 0 Å². The second-order valence-corrected chi connectivity index (χ2v) is 4.60. The number of carbonyl (C=O) groups excluding carboxylic acids is 1. The van der Waals surface area contributed by atoms with E-state index < -0.39 is 12.0 Å². The molecular weight excluding hydrogens is 256 g/mol. The van der Waals surface area contributed by atoms with Crippen molar-refractivity contribution in [2.75, 3.05) is 0 Å². The van der Waals surface area contributed by atoms with Gasteiger partial charge < -0.3 is 10.0 Å². The summed E-state index contributed by atoms with van der Waals surface area (Å²) in [6, 6.07) is 11.3. The van der Waals surface area contributed by atoms with Crippen LogP contribution in [0.15, 0.2) is 48.7 Å². The molecule has 5 nitrogen and oxygen atoms in total. The molecule has 0 aliphatic carbocycles. The van der Waals surface area contributed by atoms with Gasteiger partial charge in [0.05, 0.1) is 0 Å². The number of carboxylic acids is 1. The van der Waals surface area contributed by atoms with Gasteiger partial charge in [0.15, 0.2) is 6.04 Å². The molecule has 2 aromatic rings. The van der Waals surface area contributed by atoms with Gasteiger partial charge in [0.25, 0.3) is 5.91 Å². The van der Waals surface area contributed by atoms with Crippen LogP contribution in [0.2, 0.25) is 0 Å². The molecule has 0 bridgehead atoms. The van der Waals surface area contributed by atoms with Crippen LogP contribution in [-0.2, 0) is 11.3 Å². The Labute approximate surface area is 115 Å². The normalized spacial score (nSPS) is 15.0. The first kappa shape index (κ1) is 12.3. The number of hydrogen-bond donors (Lipinski definition) is 1. The highest BCUT2D eigenvalue weighted by atomic mass is 16.4. The van der Waals surface area contributed by atoms with Gasteiger partial charge in [-0.25, -0.2) is 4.79 Å². The zero-order valence-corrected chi connectivity index (χ0v) is 10.6. The molecule has 1 N–H and O–H groups in total. The van der Waals surface area contributed by atoms with E-state index in [4.69, 9.17) is 0 Å². The molecule has 3 rings (SSSR count). The fourth-order valence-electron chi connectivity index (χ4n) is 2.45. The lowest BCUT2D eigenvalue weighted by molar-refractivity contribution is -0.142. The van der Waals surface area contributed by atoms with Crippen molar-refractivity contribution in [2.24, 2.45) is 0 Å². The molecule has 1 unspecified atom stereocenters. The highest BCUT2D eigenvalue weighted by Crippen LogP contribution is 2.30. The van der Waals surface area contributed by atoms with E-state index in [1.54, 1.807) is 42.6 Å². The van der Waals surface area contributed by atoms with E-state index in [-0.39, 0.29) is 12.5 Å². The smallest absolute Gasteiger partial charge is 0.331 e. The maximum absolute atomic E-state index is 12.3. The lowest BCUT2D eigenvalue weighted by Crippen LogP contribution is -2.34. The molecule has 1 atom stereocenters. The predicted octanol–water partition coefficient (Wildman–Crippen LogP) is 1.86. The number of aromatic nitrogens is 1. The van der Waals surface area contributed by atoms with Crippen molar-refractivity contribution in [3.63, 3.8) is 0 Å². The number of nitrogens with zero attached hydrogens (tertiary/aromatic N) is 2. The molecular formula is C15H12N2O3. The standard InChI is InChI=1S/C15H12N2O3/c18-14-12-11(7-4-8-16-12)9-17(14)13(15(19)20)10-5-2-1-3-6-10/h1-8,13H,9H2,(H,19,20). The van der Waals surface area contributed by atoms with Crippen LogP contribution in [0.1, 0.15) is 27.7 Å². The molecule has 100 valence electrons. The number of aliphatic carboxylic acids is 1. The highest BCUT2D eigenvalue weighted by Gasteiger charge is 2.37. The average Bonchev–Trinajstić information content (AvgIpc) is 2.78. The Morgan fingerprint density at radius 3 is 2.60 bits per heavy atom. The summed E-state index contributed by atoms with van der Waals surface area (Å²) >= 11 is 0. The van der Waals surface area contributed by atoms with E-state index in [1.165, 1.54) is 4.90 Å². The maximum Gasteiger partial charge on any atom is 0.331 e. The molecule has 0 saturated carbocycles. The van der Waals surface area contributed by atoms with Crippen molar-refractivity contribution in [3.8, 4) is 0 Å². The minimum atomic E-state index is -1.04. The molecule has 5 heteroatoms. The number of pyridine rings is 1. The summed E-state index contributed by atoms with van der Waals surface area (Å²) < 4.78 is 0. The first-order chi connectivity index (χ1) is 9.68. The van der Waals surface area contributed by atoms with Gasteiger partial charge in [-0.1, -0.05) is 36.4 Å². The van der Waals surface area contributed by atoms with Crippen LogP contribution in [0, 0.1) is 0 Å². The molecule has 0 radical (unpaired) electrons. The van der Waals surface area contributed by atoms with E-state index in [2.05, 4.69) is 4.98 Å². The Morgan fingerprint density at radius 2 is 1.95 bits per heavy atom. The van der Waals surface area contributed by atoms with Crippen molar-refractivity contribution >= 4 is 11.9 Å². The van der Waals surface area contributed by atoms with Crippen molar-refractivity contribution in [2.45, 2.75) is 12.6 Å². The fourth-order valence-corrected chi connectivity index (χ4v) is 2.45. The summed E-state index contributed by atoms with van der Waals surface area (Å²) in [6.45, 7) is 0.272. The number of carbonyl (C=O) groups is 2. The zero-order valence-electron chi connectivity index (χ0n) is 10.6. The first-order valence-electron chi connectivity index (χ1n) is 6.21. The van der Waals surface area contributed by atoms with Crippen LogP contribution in [0.25, 0.3) is 0 Å². The topological polar surface area (TPSA) is 70.5 Å². The number of fused-ring (bicyclic) bond motifs is 1. The molecule has 0 saturated heterocycles. The lowest BCUT2D eigenvalue weighted by atomic mass is 10.1. The average molecular weight is 268 g/mol. The number of benzene rings is 1. The van der Waals surface area contributed by atoms with Gasteiger partial charge in [-0.05, 0) is 11.6 Å². The van der Waals surface area contributed by atoms with Gasteiger partial charge in [0.2, 0.25) is 0 Å². The lowest BCUT2D eigenvalue weighted by Gasteiger charge is -2.24. The van der Waals surface area contributed by atoms with Crippen molar-refractivity contribution in [1.82, 2.24) is 9.88 Å². The van der Waals surface area contributed by atoms with Gasteiger partial charge in [0, 0.05) is 18.3 Å². The summed E-state index contributed by atoms with van der Waals surface area (Å²) in [6.07, 6.45) is 1.54. The number of amides is 1. The van der Waals surface area contributed by atoms with Gasteiger partial charge in [-0.2, -0.15) is 0 Å². The molecule has 1 aromatic heterocycles. The van der Waals surface area contributed by atoms with Crippen molar-refractivity contribution < 1.29 is 14.7 Å². The van der Waals surface area contributed by atoms with E-state index in [0.717, 1.165) is 5.56 Å². The molecule has 0 spiro atoms. The molecule has 1 aliphatic heterocycles. The van der Waals surface area contributed by atoms with Crippen LogP contribution in [0.5, 0.6) is 0 Å². The van der Waals surface area contributed by atoms with Crippen molar-refractivity contribution in [1.29, 1.82) is 0 Å².